The first-order valence-corrected chi connectivity index (χ1v) is 10.1. The van der Waals surface area contributed by atoms with Crippen LogP contribution in [0.15, 0.2) is 12.1 Å². The summed E-state index contributed by atoms with van der Waals surface area (Å²) in [7, 11) is 0. The minimum atomic E-state index is 0.127. The molecule has 1 heterocycles. The zero-order valence-corrected chi connectivity index (χ0v) is 15.5. The van der Waals surface area contributed by atoms with Crippen LogP contribution >= 0.6 is 23.4 Å². The fourth-order valence-electron chi connectivity index (χ4n) is 3.29. The number of hydrogen-bond acceptors (Lipinski definition) is 4. The maximum atomic E-state index is 12.1. The molecule has 0 bridgehead atoms. The predicted octanol–water partition coefficient (Wildman–Crippen LogP) is 4.04. The highest BCUT2D eigenvalue weighted by Crippen LogP contribution is 2.39. The van der Waals surface area contributed by atoms with Gasteiger partial charge in [0.05, 0.1) is 10.8 Å². The molecule has 1 fully saturated rings. The summed E-state index contributed by atoms with van der Waals surface area (Å²) in [5.74, 6) is 3.23. The van der Waals surface area contributed by atoms with E-state index in [0.717, 1.165) is 17.7 Å². The number of fused-ring (bicyclic) bond motifs is 1. The molecule has 132 valence electrons. The van der Waals surface area contributed by atoms with Crippen LogP contribution in [0.4, 0.5) is 0 Å². The minimum Gasteiger partial charge on any atom is -0.486 e. The number of amides is 1. The Morgan fingerprint density at radius 1 is 1.29 bits per heavy atom. The Balaban J connectivity index is 1.47. The van der Waals surface area contributed by atoms with Gasteiger partial charge in [-0.2, -0.15) is 0 Å². The first-order valence-electron chi connectivity index (χ1n) is 8.58. The van der Waals surface area contributed by atoms with E-state index in [4.69, 9.17) is 21.1 Å². The number of halogens is 1. The van der Waals surface area contributed by atoms with Gasteiger partial charge in [0, 0.05) is 11.8 Å². The number of hydrogen-bond donors (Lipinski definition) is 1. The number of carbonyl (C=O) groups is 1. The molecule has 1 saturated carbocycles. The maximum Gasteiger partial charge on any atom is 0.230 e. The van der Waals surface area contributed by atoms with Crippen molar-refractivity contribution in [3.63, 3.8) is 0 Å². The standard InChI is InChI=1S/C18H24ClNO3S/c1-12-4-2-3-5-15(12)20-17(21)11-24-10-13-8-14(19)18-16(9-13)22-6-7-23-18/h8-9,12,15H,2-7,10-11H2,1H3,(H,20,21). The molecule has 0 aromatic heterocycles. The van der Waals surface area contributed by atoms with Crippen LogP contribution in [0.25, 0.3) is 0 Å². The van der Waals surface area contributed by atoms with Crippen LogP contribution in [-0.4, -0.2) is 30.9 Å². The monoisotopic (exact) mass is 369 g/mol. The Morgan fingerprint density at radius 3 is 2.92 bits per heavy atom. The van der Waals surface area contributed by atoms with Crippen molar-refractivity contribution in [3.05, 3.63) is 22.7 Å². The number of ether oxygens (including phenoxy) is 2. The first-order chi connectivity index (χ1) is 11.6. The van der Waals surface area contributed by atoms with Gasteiger partial charge >= 0.3 is 0 Å². The van der Waals surface area contributed by atoms with Gasteiger partial charge in [0.1, 0.15) is 13.2 Å². The van der Waals surface area contributed by atoms with Gasteiger partial charge in [-0.1, -0.05) is 31.4 Å². The van der Waals surface area contributed by atoms with E-state index in [1.165, 1.54) is 19.3 Å². The van der Waals surface area contributed by atoms with Crippen LogP contribution in [0.3, 0.4) is 0 Å². The number of carbonyl (C=O) groups excluding carboxylic acids is 1. The molecule has 2 atom stereocenters. The van der Waals surface area contributed by atoms with Crippen molar-refractivity contribution in [1.82, 2.24) is 5.32 Å². The smallest absolute Gasteiger partial charge is 0.230 e. The van der Waals surface area contributed by atoms with E-state index in [0.29, 0.717) is 47.4 Å². The summed E-state index contributed by atoms with van der Waals surface area (Å²) < 4.78 is 11.1. The third-order valence-corrected chi connectivity index (χ3v) is 5.90. The molecule has 1 N–H and O–H groups in total. The molecule has 2 aliphatic rings. The third kappa shape index (κ3) is 4.51. The van der Waals surface area contributed by atoms with Gasteiger partial charge in [0.25, 0.3) is 0 Å². The van der Waals surface area contributed by atoms with E-state index >= 15 is 0 Å². The summed E-state index contributed by atoms with van der Waals surface area (Å²) in [5, 5.41) is 3.76. The zero-order valence-electron chi connectivity index (χ0n) is 14.0. The molecule has 1 aliphatic heterocycles. The molecule has 3 rings (SSSR count). The minimum absolute atomic E-state index is 0.127. The number of benzene rings is 1. The maximum absolute atomic E-state index is 12.1. The SMILES string of the molecule is CC1CCCCC1NC(=O)CSCc1cc(Cl)c2c(c1)OCCO2. The van der Waals surface area contributed by atoms with Crippen molar-refractivity contribution in [2.45, 2.75) is 44.4 Å². The summed E-state index contributed by atoms with van der Waals surface area (Å²) in [6, 6.07) is 4.19. The van der Waals surface area contributed by atoms with Gasteiger partial charge < -0.3 is 14.8 Å². The Labute approximate surface area is 152 Å². The Kier molecular flexibility index (Phi) is 6.17. The molecule has 1 aromatic rings. The summed E-state index contributed by atoms with van der Waals surface area (Å²) >= 11 is 7.84. The summed E-state index contributed by atoms with van der Waals surface area (Å²) in [6.45, 7) is 3.30. The lowest BCUT2D eigenvalue weighted by Gasteiger charge is -2.29. The molecular weight excluding hydrogens is 346 g/mol. The van der Waals surface area contributed by atoms with E-state index in [1.54, 1.807) is 11.8 Å². The fraction of sp³-hybridized carbons (Fsp3) is 0.611. The normalized spacial score (nSPS) is 22.9. The summed E-state index contributed by atoms with van der Waals surface area (Å²) in [5.41, 5.74) is 1.05. The van der Waals surface area contributed by atoms with Crippen molar-refractivity contribution in [3.8, 4) is 11.5 Å². The molecule has 2 unspecified atom stereocenters. The fourth-order valence-corrected chi connectivity index (χ4v) is 4.35. The van der Waals surface area contributed by atoms with Crippen LogP contribution in [0.1, 0.15) is 38.2 Å². The molecule has 6 heteroatoms. The number of rotatable bonds is 5. The average molecular weight is 370 g/mol. The Bertz CT molecular complexity index is 596. The lowest BCUT2D eigenvalue weighted by molar-refractivity contribution is -0.119. The number of nitrogens with one attached hydrogen (secondary N) is 1. The van der Waals surface area contributed by atoms with E-state index in [2.05, 4.69) is 12.2 Å². The van der Waals surface area contributed by atoms with E-state index in [-0.39, 0.29) is 5.91 Å². The van der Waals surface area contributed by atoms with Gasteiger partial charge in [-0.3, -0.25) is 4.79 Å². The van der Waals surface area contributed by atoms with Crippen LogP contribution in [0.2, 0.25) is 5.02 Å². The predicted molar refractivity (Wildman–Crippen MR) is 98.2 cm³/mol. The van der Waals surface area contributed by atoms with Crippen LogP contribution in [-0.2, 0) is 10.5 Å². The zero-order chi connectivity index (χ0) is 16.9. The molecule has 0 radical (unpaired) electrons. The van der Waals surface area contributed by atoms with Crippen LogP contribution in [0.5, 0.6) is 11.5 Å². The highest BCUT2D eigenvalue weighted by atomic mass is 35.5. The van der Waals surface area contributed by atoms with Gasteiger partial charge in [-0.15, -0.1) is 11.8 Å². The second kappa shape index (κ2) is 8.34. The van der Waals surface area contributed by atoms with Gasteiger partial charge in [0.2, 0.25) is 5.91 Å². The van der Waals surface area contributed by atoms with Gasteiger partial charge in [0.15, 0.2) is 11.5 Å². The Hall–Kier alpha value is -1.07. The average Bonchev–Trinajstić information content (AvgIpc) is 2.57. The third-order valence-electron chi connectivity index (χ3n) is 4.62. The molecule has 0 spiro atoms. The van der Waals surface area contributed by atoms with Crippen LogP contribution in [0, 0.1) is 5.92 Å². The molecule has 1 aliphatic carbocycles. The lowest BCUT2D eigenvalue weighted by atomic mass is 9.86. The summed E-state index contributed by atoms with van der Waals surface area (Å²) in [4.78, 5) is 12.1. The van der Waals surface area contributed by atoms with Gasteiger partial charge in [-0.05, 0) is 36.5 Å². The van der Waals surface area contributed by atoms with Crippen molar-refractivity contribution in [2.75, 3.05) is 19.0 Å². The number of thioether (sulfide) groups is 1. The highest BCUT2D eigenvalue weighted by molar-refractivity contribution is 7.99. The van der Waals surface area contributed by atoms with E-state index in [1.807, 2.05) is 12.1 Å². The summed E-state index contributed by atoms with van der Waals surface area (Å²) in [6.07, 6.45) is 4.83. The molecular formula is C18H24ClNO3S. The van der Waals surface area contributed by atoms with Gasteiger partial charge in [-0.25, -0.2) is 0 Å². The van der Waals surface area contributed by atoms with Crippen molar-refractivity contribution < 1.29 is 14.3 Å². The first kappa shape index (κ1) is 17.7. The molecule has 0 saturated heterocycles. The largest absolute Gasteiger partial charge is 0.486 e. The van der Waals surface area contributed by atoms with Crippen LogP contribution < -0.4 is 14.8 Å². The highest BCUT2D eigenvalue weighted by Gasteiger charge is 2.22. The van der Waals surface area contributed by atoms with E-state index in [9.17, 15) is 4.79 Å². The van der Waals surface area contributed by atoms with Crippen molar-refractivity contribution in [1.29, 1.82) is 0 Å². The van der Waals surface area contributed by atoms with Crippen molar-refractivity contribution >= 4 is 29.3 Å². The lowest BCUT2D eigenvalue weighted by Crippen LogP contribution is -2.41. The quantitative estimate of drug-likeness (QED) is 0.850. The molecule has 1 aromatic carbocycles. The topological polar surface area (TPSA) is 47.6 Å². The van der Waals surface area contributed by atoms with E-state index < -0.39 is 0 Å². The second-order valence-electron chi connectivity index (χ2n) is 6.53. The molecule has 24 heavy (non-hydrogen) atoms. The van der Waals surface area contributed by atoms with Crippen molar-refractivity contribution in [2.24, 2.45) is 5.92 Å². The molecule has 4 nitrogen and oxygen atoms in total. The molecule has 1 amide bonds. The Morgan fingerprint density at radius 2 is 2.08 bits per heavy atom. The second-order valence-corrected chi connectivity index (χ2v) is 7.92.